The quantitative estimate of drug-likeness (QED) is 0.838. The molecule has 1 saturated carbocycles. The van der Waals surface area contributed by atoms with Gasteiger partial charge < -0.3 is 5.73 Å². The van der Waals surface area contributed by atoms with Crippen molar-refractivity contribution in [3.05, 3.63) is 15.8 Å². The third kappa shape index (κ3) is 3.22. The fraction of sp³-hybridized carbons (Fsp3) is 0.692. The van der Waals surface area contributed by atoms with Crippen molar-refractivity contribution < 1.29 is 8.42 Å². The van der Waals surface area contributed by atoms with Gasteiger partial charge in [-0.3, -0.25) is 0 Å². The Hall–Kier alpha value is -0.0800. The molecular weight excluding hydrogens is 312 g/mol. The maximum absolute atomic E-state index is 12.5. The van der Waals surface area contributed by atoms with Crippen LogP contribution in [-0.2, 0) is 16.6 Å². The molecule has 0 spiro atoms. The second-order valence-corrected chi connectivity index (χ2v) is 9.24. The van der Waals surface area contributed by atoms with Crippen molar-refractivity contribution in [2.75, 3.05) is 12.8 Å². The molecule has 1 heterocycles. The number of thiophene rings is 1. The lowest BCUT2D eigenvalue weighted by molar-refractivity contribution is 0.550. The minimum Gasteiger partial charge on any atom is -0.326 e. The first kappa shape index (κ1) is 16.3. The first-order valence-corrected chi connectivity index (χ1v) is 10.3. The Kier molecular flexibility index (Phi) is 5.18. The monoisotopic (exact) mass is 334 g/mol. The lowest BCUT2D eigenvalue weighted by Gasteiger charge is -2.26. The van der Waals surface area contributed by atoms with Gasteiger partial charge in [0.25, 0.3) is 0 Å². The molecule has 20 heavy (non-hydrogen) atoms. The van der Waals surface area contributed by atoms with Gasteiger partial charge in [0.2, 0.25) is 10.0 Å². The predicted molar refractivity (Wildman–Crippen MR) is 86.8 cm³/mol. The smallest absolute Gasteiger partial charge is 0.242 e. The second-order valence-electron chi connectivity index (χ2n) is 5.29. The highest BCUT2D eigenvalue weighted by Crippen LogP contribution is 2.40. The Labute approximate surface area is 129 Å². The summed E-state index contributed by atoms with van der Waals surface area (Å²) in [5.41, 5.74) is 6.43. The minimum absolute atomic E-state index is 0.0693. The number of thioether (sulfide) groups is 1. The topological polar surface area (TPSA) is 72.2 Å². The van der Waals surface area contributed by atoms with E-state index in [4.69, 9.17) is 5.73 Å². The first-order valence-electron chi connectivity index (χ1n) is 6.76. The molecule has 0 aliphatic heterocycles. The van der Waals surface area contributed by atoms with E-state index in [1.807, 2.05) is 12.3 Å². The van der Waals surface area contributed by atoms with Gasteiger partial charge in [-0.25, -0.2) is 13.1 Å². The number of nitrogens with one attached hydrogen (secondary N) is 1. The summed E-state index contributed by atoms with van der Waals surface area (Å²) >= 11 is 3.20. The molecule has 0 radical (unpaired) electrons. The van der Waals surface area contributed by atoms with E-state index in [0.29, 0.717) is 11.4 Å². The molecule has 1 aliphatic rings. The summed E-state index contributed by atoms with van der Waals surface area (Å²) in [7, 11) is -3.46. The predicted octanol–water partition coefficient (Wildman–Crippen LogP) is 2.47. The summed E-state index contributed by atoms with van der Waals surface area (Å²) in [6, 6.07) is 0. The molecule has 3 N–H and O–H groups in total. The van der Waals surface area contributed by atoms with Crippen LogP contribution in [0.5, 0.6) is 0 Å². The molecule has 0 atom stereocenters. The molecule has 0 saturated heterocycles. The number of nitrogens with two attached hydrogens (primary N) is 1. The zero-order chi connectivity index (χ0) is 14.8. The Morgan fingerprint density at radius 3 is 2.65 bits per heavy atom. The van der Waals surface area contributed by atoms with Gasteiger partial charge in [-0.1, -0.05) is 12.8 Å². The van der Waals surface area contributed by atoms with E-state index in [1.165, 1.54) is 24.2 Å². The molecule has 7 heteroatoms. The molecule has 0 amide bonds. The molecule has 1 aromatic heterocycles. The standard InChI is InChI=1S/C13H22N2O2S3/c1-10-8-19-11(7-14)12(10)20(16,17)15-9-13(18-2)5-3-4-6-13/h8,15H,3-7,9,14H2,1-2H3. The summed E-state index contributed by atoms with van der Waals surface area (Å²) in [5.74, 6) is 0. The van der Waals surface area contributed by atoms with Gasteiger partial charge in [0, 0.05) is 22.7 Å². The molecule has 4 nitrogen and oxygen atoms in total. The lowest BCUT2D eigenvalue weighted by Crippen LogP contribution is -2.38. The van der Waals surface area contributed by atoms with E-state index in [1.54, 1.807) is 11.8 Å². The molecule has 0 unspecified atom stereocenters. The van der Waals surface area contributed by atoms with Gasteiger partial charge in [0.15, 0.2) is 0 Å². The fourth-order valence-electron chi connectivity index (χ4n) is 2.76. The highest BCUT2D eigenvalue weighted by Gasteiger charge is 2.35. The van der Waals surface area contributed by atoms with Crippen LogP contribution in [0.4, 0.5) is 0 Å². The zero-order valence-corrected chi connectivity index (χ0v) is 14.4. The van der Waals surface area contributed by atoms with Crippen LogP contribution < -0.4 is 10.5 Å². The van der Waals surface area contributed by atoms with Crippen LogP contribution in [0.25, 0.3) is 0 Å². The number of hydrogen-bond donors (Lipinski definition) is 2. The average Bonchev–Trinajstić information content (AvgIpc) is 3.04. The van der Waals surface area contributed by atoms with E-state index >= 15 is 0 Å². The van der Waals surface area contributed by atoms with Gasteiger partial charge in [-0.15, -0.1) is 11.3 Å². The Balaban J connectivity index is 2.17. The largest absolute Gasteiger partial charge is 0.326 e. The van der Waals surface area contributed by atoms with Gasteiger partial charge in [0.05, 0.1) is 0 Å². The van der Waals surface area contributed by atoms with Crippen LogP contribution in [-0.4, -0.2) is 26.0 Å². The van der Waals surface area contributed by atoms with E-state index in [2.05, 4.69) is 11.0 Å². The normalized spacial score (nSPS) is 18.6. The van der Waals surface area contributed by atoms with Gasteiger partial charge in [-0.05, 0) is 37.0 Å². The maximum Gasteiger partial charge on any atom is 0.242 e. The number of rotatable bonds is 6. The van der Waals surface area contributed by atoms with Crippen LogP contribution in [0.3, 0.4) is 0 Å². The molecule has 1 aliphatic carbocycles. The number of hydrogen-bond acceptors (Lipinski definition) is 5. The average molecular weight is 335 g/mol. The highest BCUT2D eigenvalue weighted by atomic mass is 32.2. The van der Waals surface area contributed by atoms with E-state index < -0.39 is 10.0 Å². The van der Waals surface area contributed by atoms with Crippen LogP contribution in [0, 0.1) is 6.92 Å². The van der Waals surface area contributed by atoms with Crippen molar-refractivity contribution in [1.29, 1.82) is 0 Å². The van der Waals surface area contributed by atoms with Crippen LogP contribution >= 0.6 is 23.1 Å². The second kappa shape index (κ2) is 6.36. The SMILES string of the molecule is CSC1(CNS(=O)(=O)c2c(C)csc2CN)CCCC1. The lowest BCUT2D eigenvalue weighted by atomic mass is 10.1. The Morgan fingerprint density at radius 1 is 1.45 bits per heavy atom. The summed E-state index contributed by atoms with van der Waals surface area (Å²) in [6.07, 6.45) is 6.62. The summed E-state index contributed by atoms with van der Waals surface area (Å²) in [5, 5.41) is 1.86. The fourth-order valence-corrected chi connectivity index (χ4v) is 6.59. The van der Waals surface area contributed by atoms with Crippen molar-refractivity contribution in [3.63, 3.8) is 0 Å². The number of aryl methyl sites for hydroxylation is 1. The first-order chi connectivity index (χ1) is 9.44. The molecule has 114 valence electrons. The van der Waals surface area contributed by atoms with Gasteiger partial charge in [-0.2, -0.15) is 11.8 Å². The van der Waals surface area contributed by atoms with Crippen molar-refractivity contribution >= 4 is 33.1 Å². The third-order valence-corrected chi connectivity index (χ3v) is 8.28. The molecule has 0 aromatic carbocycles. The zero-order valence-electron chi connectivity index (χ0n) is 11.9. The van der Waals surface area contributed by atoms with Crippen LogP contribution in [0.15, 0.2) is 10.3 Å². The maximum atomic E-state index is 12.5. The molecule has 1 fully saturated rings. The van der Waals surface area contributed by atoms with Crippen molar-refractivity contribution in [3.8, 4) is 0 Å². The van der Waals surface area contributed by atoms with E-state index in [0.717, 1.165) is 23.3 Å². The van der Waals surface area contributed by atoms with E-state index in [9.17, 15) is 8.42 Å². The van der Waals surface area contributed by atoms with Crippen molar-refractivity contribution in [2.24, 2.45) is 5.73 Å². The van der Waals surface area contributed by atoms with Crippen molar-refractivity contribution in [2.45, 2.75) is 48.8 Å². The van der Waals surface area contributed by atoms with Gasteiger partial charge >= 0.3 is 0 Å². The third-order valence-electron chi connectivity index (χ3n) is 3.98. The molecule has 1 aromatic rings. The molecule has 0 bridgehead atoms. The summed E-state index contributed by atoms with van der Waals surface area (Å²) in [4.78, 5) is 1.12. The minimum atomic E-state index is -3.46. The van der Waals surface area contributed by atoms with Crippen molar-refractivity contribution in [1.82, 2.24) is 4.72 Å². The number of sulfonamides is 1. The van der Waals surface area contributed by atoms with E-state index in [-0.39, 0.29) is 11.3 Å². The molecule has 2 rings (SSSR count). The van der Waals surface area contributed by atoms with Gasteiger partial charge in [0.1, 0.15) is 4.90 Å². The van der Waals surface area contributed by atoms with Crippen LogP contribution in [0.2, 0.25) is 0 Å². The van der Waals surface area contributed by atoms with Crippen LogP contribution in [0.1, 0.15) is 36.1 Å². The molecular formula is C13H22N2O2S3. The highest BCUT2D eigenvalue weighted by molar-refractivity contribution is 8.00. The Morgan fingerprint density at radius 2 is 2.10 bits per heavy atom. The summed E-state index contributed by atoms with van der Waals surface area (Å²) in [6.45, 7) is 2.60. The summed E-state index contributed by atoms with van der Waals surface area (Å²) < 4.78 is 28.0. The Bertz CT molecular complexity index is 560.